The Morgan fingerprint density at radius 1 is 1.15 bits per heavy atom. The van der Waals surface area contributed by atoms with Gasteiger partial charge in [-0.25, -0.2) is 9.97 Å². The van der Waals surface area contributed by atoms with E-state index in [2.05, 4.69) is 42.2 Å². The molecule has 0 aliphatic heterocycles. The minimum Gasteiger partial charge on any atom is -0.360 e. The molecule has 2 rings (SSSR count). The summed E-state index contributed by atoms with van der Waals surface area (Å²) in [4.78, 5) is 23.3. The zero-order valence-electron chi connectivity index (χ0n) is 16.1. The van der Waals surface area contributed by atoms with Crippen LogP contribution < -0.4 is 10.2 Å². The second kappa shape index (κ2) is 10.2. The van der Waals surface area contributed by atoms with Crippen LogP contribution >= 0.6 is 11.8 Å². The Labute approximate surface area is 160 Å². The number of benzene rings is 1. The third-order valence-electron chi connectivity index (χ3n) is 3.98. The van der Waals surface area contributed by atoms with Crippen LogP contribution in [0.15, 0.2) is 35.5 Å². The van der Waals surface area contributed by atoms with Crippen LogP contribution in [0, 0.1) is 0 Å². The molecular weight excluding hydrogens is 344 g/mol. The lowest BCUT2D eigenvalue weighted by molar-refractivity contribution is 0.0956. The third-order valence-corrected chi connectivity index (χ3v) is 4.90. The summed E-state index contributed by atoms with van der Waals surface area (Å²) in [6.45, 7) is 7.81. The fraction of sp³-hybridized carbons (Fsp3) is 0.450. The summed E-state index contributed by atoms with van der Waals surface area (Å²) in [5.41, 5.74) is 2.90. The van der Waals surface area contributed by atoms with Gasteiger partial charge in [-0.1, -0.05) is 37.7 Å². The van der Waals surface area contributed by atoms with E-state index in [1.54, 1.807) is 11.8 Å². The summed E-state index contributed by atoms with van der Waals surface area (Å²) < 4.78 is 0. The molecule has 26 heavy (non-hydrogen) atoms. The molecule has 0 spiro atoms. The minimum absolute atomic E-state index is 0.0331. The van der Waals surface area contributed by atoms with Gasteiger partial charge in [0.25, 0.3) is 5.91 Å². The topological polar surface area (TPSA) is 58.1 Å². The Bertz CT molecular complexity index is 718. The average molecular weight is 373 g/mol. The molecule has 0 atom stereocenters. The van der Waals surface area contributed by atoms with Crippen molar-refractivity contribution in [1.82, 2.24) is 15.3 Å². The van der Waals surface area contributed by atoms with Gasteiger partial charge in [-0.3, -0.25) is 4.79 Å². The van der Waals surface area contributed by atoms with Gasteiger partial charge in [0.05, 0.1) is 0 Å². The van der Waals surface area contributed by atoms with E-state index in [1.165, 1.54) is 0 Å². The van der Waals surface area contributed by atoms with E-state index in [4.69, 9.17) is 4.98 Å². The van der Waals surface area contributed by atoms with E-state index in [0.717, 1.165) is 47.4 Å². The van der Waals surface area contributed by atoms with E-state index >= 15 is 0 Å². The van der Waals surface area contributed by atoms with E-state index in [0.29, 0.717) is 12.1 Å². The van der Waals surface area contributed by atoms with E-state index in [1.807, 2.05) is 31.2 Å². The molecule has 0 radical (unpaired) electrons. The highest BCUT2D eigenvalue weighted by atomic mass is 32.2. The van der Waals surface area contributed by atoms with Crippen LogP contribution in [-0.4, -0.2) is 36.0 Å². The van der Waals surface area contributed by atoms with Gasteiger partial charge in [0, 0.05) is 43.2 Å². The monoisotopic (exact) mass is 372 g/mol. The SMILES string of the molecule is CCCN(C)c1cc(CC)nc(SCc2ccc(C(=O)NCC)cc2)n1. The Kier molecular flexibility index (Phi) is 7.91. The molecule has 1 N–H and O–H groups in total. The zero-order chi connectivity index (χ0) is 18.9. The maximum atomic E-state index is 11.8. The zero-order valence-corrected chi connectivity index (χ0v) is 16.9. The lowest BCUT2D eigenvalue weighted by Gasteiger charge is -2.18. The van der Waals surface area contributed by atoms with Crippen molar-refractivity contribution in [2.45, 2.75) is 44.5 Å². The molecule has 0 aliphatic rings. The van der Waals surface area contributed by atoms with Crippen LogP contribution in [0.1, 0.15) is 48.8 Å². The van der Waals surface area contributed by atoms with Crippen molar-refractivity contribution in [3.8, 4) is 0 Å². The molecule has 140 valence electrons. The number of anilines is 1. The van der Waals surface area contributed by atoms with E-state index in [9.17, 15) is 4.79 Å². The second-order valence-electron chi connectivity index (χ2n) is 6.12. The van der Waals surface area contributed by atoms with E-state index in [-0.39, 0.29) is 5.91 Å². The van der Waals surface area contributed by atoms with Crippen LogP contribution in [0.5, 0.6) is 0 Å². The maximum absolute atomic E-state index is 11.8. The number of carbonyl (C=O) groups excluding carboxylic acids is 1. The fourth-order valence-electron chi connectivity index (χ4n) is 2.51. The predicted octanol–water partition coefficient (Wildman–Crippen LogP) is 3.93. The maximum Gasteiger partial charge on any atom is 0.251 e. The molecule has 6 heteroatoms. The number of aryl methyl sites for hydroxylation is 1. The average Bonchev–Trinajstić information content (AvgIpc) is 2.67. The van der Waals surface area contributed by atoms with Crippen molar-refractivity contribution in [2.75, 3.05) is 25.0 Å². The minimum atomic E-state index is -0.0331. The van der Waals surface area contributed by atoms with Gasteiger partial charge >= 0.3 is 0 Å². The van der Waals surface area contributed by atoms with Gasteiger partial charge in [-0.05, 0) is 37.5 Å². The molecule has 0 saturated heterocycles. The normalized spacial score (nSPS) is 10.6. The van der Waals surface area contributed by atoms with E-state index < -0.39 is 0 Å². The summed E-state index contributed by atoms with van der Waals surface area (Å²) >= 11 is 1.63. The summed E-state index contributed by atoms with van der Waals surface area (Å²) in [5.74, 6) is 1.72. The Balaban J connectivity index is 2.06. The van der Waals surface area contributed by atoms with Gasteiger partial charge in [0.1, 0.15) is 5.82 Å². The van der Waals surface area contributed by atoms with Crippen molar-refractivity contribution in [2.24, 2.45) is 0 Å². The largest absolute Gasteiger partial charge is 0.360 e. The highest BCUT2D eigenvalue weighted by Gasteiger charge is 2.09. The summed E-state index contributed by atoms with van der Waals surface area (Å²) in [7, 11) is 2.07. The molecule has 1 heterocycles. The van der Waals surface area contributed by atoms with Gasteiger partial charge in [0.2, 0.25) is 0 Å². The molecule has 1 aromatic carbocycles. The molecule has 1 aromatic heterocycles. The van der Waals surface area contributed by atoms with Crippen LogP contribution in [-0.2, 0) is 12.2 Å². The van der Waals surface area contributed by atoms with Gasteiger partial charge < -0.3 is 10.2 Å². The number of nitrogens with one attached hydrogen (secondary N) is 1. The first-order chi connectivity index (χ1) is 12.6. The van der Waals surface area contributed by atoms with Crippen molar-refractivity contribution >= 4 is 23.5 Å². The first-order valence-electron chi connectivity index (χ1n) is 9.16. The summed E-state index contributed by atoms with van der Waals surface area (Å²) in [6, 6.07) is 9.78. The number of aromatic nitrogens is 2. The number of hydrogen-bond acceptors (Lipinski definition) is 5. The third kappa shape index (κ3) is 5.73. The number of thioether (sulfide) groups is 1. The standard InChI is InChI=1S/C20H28N4OS/c1-5-12-24(4)18-13-17(6-2)22-20(23-18)26-14-15-8-10-16(11-9-15)19(25)21-7-3/h8-11,13H,5-7,12,14H2,1-4H3,(H,21,25). The van der Waals surface area contributed by atoms with Gasteiger partial charge in [0.15, 0.2) is 5.16 Å². The molecule has 0 unspecified atom stereocenters. The lowest BCUT2D eigenvalue weighted by atomic mass is 10.1. The van der Waals surface area contributed by atoms with Gasteiger partial charge in [-0.2, -0.15) is 0 Å². The number of carbonyl (C=O) groups is 1. The first-order valence-corrected chi connectivity index (χ1v) is 10.1. The van der Waals surface area contributed by atoms with Crippen molar-refractivity contribution < 1.29 is 4.79 Å². The molecule has 2 aromatic rings. The smallest absolute Gasteiger partial charge is 0.251 e. The number of rotatable bonds is 9. The predicted molar refractivity (Wildman–Crippen MR) is 109 cm³/mol. The summed E-state index contributed by atoms with van der Waals surface area (Å²) in [6.07, 6.45) is 1.98. The molecule has 0 bridgehead atoms. The Hall–Kier alpha value is -2.08. The van der Waals surface area contributed by atoms with Crippen LogP contribution in [0.3, 0.4) is 0 Å². The number of hydrogen-bond donors (Lipinski definition) is 1. The van der Waals surface area contributed by atoms with Gasteiger partial charge in [-0.15, -0.1) is 0 Å². The quantitative estimate of drug-likeness (QED) is 0.534. The molecular formula is C20H28N4OS. The second-order valence-corrected chi connectivity index (χ2v) is 7.06. The van der Waals surface area contributed by atoms with Crippen molar-refractivity contribution in [1.29, 1.82) is 0 Å². The molecule has 0 fully saturated rings. The molecule has 1 amide bonds. The fourth-order valence-corrected chi connectivity index (χ4v) is 3.34. The Morgan fingerprint density at radius 2 is 1.88 bits per heavy atom. The highest BCUT2D eigenvalue weighted by molar-refractivity contribution is 7.98. The number of nitrogens with zero attached hydrogens (tertiary/aromatic N) is 3. The van der Waals surface area contributed by atoms with Crippen molar-refractivity contribution in [3.63, 3.8) is 0 Å². The lowest BCUT2D eigenvalue weighted by Crippen LogP contribution is -2.22. The van der Waals surface area contributed by atoms with Crippen LogP contribution in [0.25, 0.3) is 0 Å². The van der Waals surface area contributed by atoms with Crippen LogP contribution in [0.2, 0.25) is 0 Å². The first kappa shape index (κ1) is 20.2. The molecule has 5 nitrogen and oxygen atoms in total. The molecule has 0 aliphatic carbocycles. The van der Waals surface area contributed by atoms with Crippen LogP contribution in [0.4, 0.5) is 5.82 Å². The molecule has 0 saturated carbocycles. The van der Waals surface area contributed by atoms with Crippen molar-refractivity contribution in [3.05, 3.63) is 47.2 Å². The number of amides is 1. The Morgan fingerprint density at radius 3 is 2.50 bits per heavy atom. The summed E-state index contributed by atoms with van der Waals surface area (Å²) in [5, 5.41) is 3.61. The highest BCUT2D eigenvalue weighted by Crippen LogP contribution is 2.23.